The molecule has 0 unspecified atom stereocenters. The molecule has 0 saturated carbocycles. The third kappa shape index (κ3) is 3.15. The largest absolute Gasteiger partial charge is 0.507 e. The van der Waals surface area contributed by atoms with Crippen molar-refractivity contribution >= 4 is 28.2 Å². The Bertz CT molecular complexity index is 992. The number of nitrogens with one attached hydrogen (secondary N) is 1. The van der Waals surface area contributed by atoms with Gasteiger partial charge in [-0.25, -0.2) is 4.39 Å². The number of benzene rings is 2. The summed E-state index contributed by atoms with van der Waals surface area (Å²) in [7, 11) is 1.91. The number of hydrogen-bond donors (Lipinski definition) is 2. The Labute approximate surface area is 161 Å². The molecule has 0 amide bonds. The monoisotopic (exact) mass is 387 g/mol. The van der Waals surface area contributed by atoms with Crippen LogP contribution in [0.4, 0.5) is 10.1 Å². The van der Waals surface area contributed by atoms with Crippen LogP contribution in [0.25, 0.3) is 22.0 Å². The van der Waals surface area contributed by atoms with Crippen LogP contribution in [0.15, 0.2) is 36.5 Å². The molecule has 0 spiro atoms. The van der Waals surface area contributed by atoms with Gasteiger partial charge in [-0.15, -0.1) is 0 Å². The summed E-state index contributed by atoms with van der Waals surface area (Å²) in [5, 5.41) is 14.5. The van der Waals surface area contributed by atoms with Crippen molar-refractivity contribution in [2.75, 3.05) is 38.2 Å². The number of phenolic OH excluding ortho intramolecular Hbond substituents is 1. The van der Waals surface area contributed by atoms with E-state index in [0.717, 1.165) is 30.7 Å². The van der Waals surface area contributed by atoms with Crippen molar-refractivity contribution in [2.24, 2.45) is 0 Å². The molecule has 4 rings (SSSR count). The fourth-order valence-electron chi connectivity index (χ4n) is 3.43. The van der Waals surface area contributed by atoms with E-state index in [9.17, 15) is 9.50 Å². The van der Waals surface area contributed by atoms with Gasteiger partial charge in [0.15, 0.2) is 5.75 Å². The number of likely N-dealkylation sites (N-methyl/N-ethyl adjacent to an activating group) is 1. The van der Waals surface area contributed by atoms with Crippen molar-refractivity contribution in [1.82, 2.24) is 10.3 Å². The predicted octanol–water partition coefficient (Wildman–Crippen LogP) is 3.82. The molecule has 1 aliphatic heterocycles. The number of phenols is 1. The Morgan fingerprint density at radius 2 is 2.22 bits per heavy atom. The molecule has 3 aromatic rings. The highest BCUT2D eigenvalue weighted by molar-refractivity contribution is 6.34. The molecule has 0 radical (unpaired) electrons. The van der Waals surface area contributed by atoms with Crippen molar-refractivity contribution in [1.29, 1.82) is 0 Å². The summed E-state index contributed by atoms with van der Waals surface area (Å²) in [5.74, 6) is 0.0174. The molecule has 1 aliphatic rings. The van der Waals surface area contributed by atoms with Gasteiger partial charge in [-0.1, -0.05) is 17.7 Å². The van der Waals surface area contributed by atoms with Crippen molar-refractivity contribution in [3.8, 4) is 22.6 Å². The van der Waals surface area contributed by atoms with Gasteiger partial charge >= 0.3 is 0 Å². The average Bonchev–Trinajstić information content (AvgIpc) is 2.66. The molecule has 5 nitrogen and oxygen atoms in total. The van der Waals surface area contributed by atoms with Crippen molar-refractivity contribution in [2.45, 2.75) is 0 Å². The maximum absolute atomic E-state index is 14.3. The zero-order valence-electron chi connectivity index (χ0n) is 14.8. The van der Waals surface area contributed by atoms with Crippen LogP contribution in [0, 0.1) is 5.82 Å². The van der Waals surface area contributed by atoms with E-state index < -0.39 is 5.82 Å². The Kier molecular flexibility index (Phi) is 4.76. The molecule has 0 aliphatic carbocycles. The SMILES string of the molecule is CNCCN1CCOc2cnc3cc(-c4c(O)cccc4F)c(Cl)cc3c21. The van der Waals surface area contributed by atoms with E-state index in [-0.39, 0.29) is 11.3 Å². The highest BCUT2D eigenvalue weighted by Crippen LogP contribution is 2.43. The maximum atomic E-state index is 14.3. The summed E-state index contributed by atoms with van der Waals surface area (Å²) in [4.78, 5) is 6.70. The number of halogens is 2. The van der Waals surface area contributed by atoms with Crippen LogP contribution in [0.1, 0.15) is 0 Å². The quantitative estimate of drug-likeness (QED) is 0.712. The normalized spacial score (nSPS) is 13.5. The lowest BCUT2D eigenvalue weighted by Gasteiger charge is -2.32. The number of anilines is 1. The summed E-state index contributed by atoms with van der Waals surface area (Å²) in [6.07, 6.45) is 1.68. The van der Waals surface area contributed by atoms with Gasteiger partial charge in [0.25, 0.3) is 0 Å². The van der Waals surface area contributed by atoms with Crippen molar-refractivity contribution in [3.05, 3.63) is 47.4 Å². The fourth-order valence-corrected chi connectivity index (χ4v) is 3.69. The molecule has 0 saturated heterocycles. The molecule has 140 valence electrons. The Balaban J connectivity index is 1.90. The summed E-state index contributed by atoms with van der Waals surface area (Å²) >= 11 is 6.50. The minimum absolute atomic E-state index is 0.0761. The smallest absolute Gasteiger partial charge is 0.161 e. The van der Waals surface area contributed by atoms with E-state index in [2.05, 4.69) is 15.2 Å². The Morgan fingerprint density at radius 3 is 3.00 bits per heavy atom. The zero-order chi connectivity index (χ0) is 19.0. The first-order valence-corrected chi connectivity index (χ1v) is 9.10. The van der Waals surface area contributed by atoms with Crippen LogP contribution < -0.4 is 15.0 Å². The van der Waals surface area contributed by atoms with Crippen LogP contribution in [0.5, 0.6) is 11.5 Å². The first-order valence-electron chi connectivity index (χ1n) is 8.72. The fraction of sp³-hybridized carbons (Fsp3) is 0.250. The van der Waals surface area contributed by atoms with Crippen LogP contribution >= 0.6 is 11.6 Å². The maximum Gasteiger partial charge on any atom is 0.161 e. The van der Waals surface area contributed by atoms with E-state index in [1.54, 1.807) is 18.3 Å². The summed E-state index contributed by atoms with van der Waals surface area (Å²) < 4.78 is 20.1. The van der Waals surface area contributed by atoms with Gasteiger partial charge < -0.3 is 20.1 Å². The minimum Gasteiger partial charge on any atom is -0.507 e. The Hall–Kier alpha value is -2.57. The van der Waals surface area contributed by atoms with Gasteiger partial charge in [0.05, 0.1) is 29.5 Å². The van der Waals surface area contributed by atoms with Crippen LogP contribution in [0.2, 0.25) is 5.02 Å². The number of rotatable bonds is 4. The van der Waals surface area contributed by atoms with Gasteiger partial charge in [-0.3, -0.25) is 4.98 Å². The van der Waals surface area contributed by atoms with E-state index in [1.165, 1.54) is 18.2 Å². The number of ether oxygens (including phenoxy) is 1. The third-order valence-corrected chi connectivity index (χ3v) is 5.04. The second kappa shape index (κ2) is 7.21. The van der Waals surface area contributed by atoms with Crippen molar-refractivity contribution in [3.63, 3.8) is 0 Å². The summed E-state index contributed by atoms with van der Waals surface area (Å²) in [5.41, 5.74) is 2.08. The number of aromatic nitrogens is 1. The molecule has 2 N–H and O–H groups in total. The number of pyridine rings is 1. The average molecular weight is 388 g/mol. The standard InChI is InChI=1S/C20H19ClFN3O2/c1-23-5-6-25-7-8-27-18-11-24-16-10-12(14(21)9-13(16)20(18)25)19-15(22)3-2-4-17(19)26/h2-4,9-11,23,26H,5-8H2,1H3. The summed E-state index contributed by atoms with van der Waals surface area (Å²) in [6.45, 7) is 3.01. The minimum atomic E-state index is -0.534. The van der Waals surface area contributed by atoms with Crippen LogP contribution in [-0.2, 0) is 0 Å². The van der Waals surface area contributed by atoms with Gasteiger partial charge in [0.1, 0.15) is 18.2 Å². The van der Waals surface area contributed by atoms with Crippen LogP contribution in [0.3, 0.4) is 0 Å². The first kappa shape index (κ1) is 17.8. The molecule has 2 aromatic carbocycles. The van der Waals surface area contributed by atoms with Gasteiger partial charge in [-0.05, 0) is 31.3 Å². The van der Waals surface area contributed by atoms with E-state index in [0.29, 0.717) is 28.5 Å². The number of hydrogen-bond acceptors (Lipinski definition) is 5. The summed E-state index contributed by atoms with van der Waals surface area (Å²) in [6, 6.07) is 7.66. The van der Waals surface area contributed by atoms with Crippen molar-refractivity contribution < 1.29 is 14.2 Å². The lowest BCUT2D eigenvalue weighted by atomic mass is 10.0. The molecule has 1 aromatic heterocycles. The molecule has 7 heteroatoms. The third-order valence-electron chi connectivity index (χ3n) is 4.72. The first-order chi connectivity index (χ1) is 13.1. The topological polar surface area (TPSA) is 57.6 Å². The predicted molar refractivity (Wildman–Crippen MR) is 105 cm³/mol. The van der Waals surface area contributed by atoms with E-state index in [4.69, 9.17) is 16.3 Å². The highest BCUT2D eigenvalue weighted by Gasteiger charge is 2.23. The molecule has 0 fully saturated rings. The van der Waals surface area contributed by atoms with Gasteiger partial charge in [0.2, 0.25) is 0 Å². The molecule has 0 bridgehead atoms. The van der Waals surface area contributed by atoms with E-state index >= 15 is 0 Å². The number of fused-ring (bicyclic) bond motifs is 3. The molecule has 27 heavy (non-hydrogen) atoms. The second-order valence-electron chi connectivity index (χ2n) is 6.39. The Morgan fingerprint density at radius 1 is 1.37 bits per heavy atom. The highest BCUT2D eigenvalue weighted by atomic mass is 35.5. The molecule has 2 heterocycles. The van der Waals surface area contributed by atoms with Crippen LogP contribution in [-0.4, -0.2) is 43.4 Å². The number of nitrogens with zero attached hydrogens (tertiary/aromatic N) is 2. The lowest BCUT2D eigenvalue weighted by molar-refractivity contribution is 0.307. The second-order valence-corrected chi connectivity index (χ2v) is 6.80. The van der Waals surface area contributed by atoms with Gasteiger partial charge in [-0.2, -0.15) is 0 Å². The molecular weight excluding hydrogens is 369 g/mol. The van der Waals surface area contributed by atoms with E-state index in [1.807, 2.05) is 7.05 Å². The molecule has 0 atom stereocenters. The molecular formula is C20H19ClFN3O2. The number of aromatic hydroxyl groups is 1. The zero-order valence-corrected chi connectivity index (χ0v) is 15.6. The lowest BCUT2D eigenvalue weighted by Crippen LogP contribution is -2.37. The van der Waals surface area contributed by atoms with Gasteiger partial charge in [0, 0.05) is 29.1 Å².